The summed E-state index contributed by atoms with van der Waals surface area (Å²) < 4.78 is 2.03. The van der Waals surface area contributed by atoms with Crippen molar-refractivity contribution in [3.8, 4) is 0 Å². The van der Waals surface area contributed by atoms with Crippen LogP contribution in [0.1, 0.15) is 39.3 Å². The molecule has 2 rings (SSSR count). The van der Waals surface area contributed by atoms with Crippen LogP contribution >= 0.6 is 12.4 Å². The maximum Gasteiger partial charge on any atom is 0.0534 e. The van der Waals surface area contributed by atoms with Crippen LogP contribution in [0.15, 0.2) is 12.4 Å². The number of hydrogen-bond donors (Lipinski definition) is 1. The first kappa shape index (κ1) is 15.5. The molecule has 0 saturated carbocycles. The van der Waals surface area contributed by atoms with Gasteiger partial charge in [-0.15, -0.1) is 12.4 Å². The van der Waals surface area contributed by atoms with Gasteiger partial charge in [0.1, 0.15) is 0 Å². The first-order chi connectivity index (χ1) is 8.06. The van der Waals surface area contributed by atoms with Gasteiger partial charge >= 0.3 is 0 Å². The molecular weight excluding hydrogens is 248 g/mol. The SMILES string of the molecule is CC1CN(Cc2cnn(C(C)C)c2)C(C)CN1.Cl. The second-order valence-corrected chi connectivity index (χ2v) is 5.51. The third-order valence-corrected chi connectivity index (χ3v) is 3.46. The molecule has 0 bridgehead atoms. The van der Waals surface area contributed by atoms with Gasteiger partial charge in [-0.2, -0.15) is 5.10 Å². The van der Waals surface area contributed by atoms with Crippen LogP contribution in [0.2, 0.25) is 0 Å². The van der Waals surface area contributed by atoms with Gasteiger partial charge in [-0.25, -0.2) is 0 Å². The van der Waals surface area contributed by atoms with E-state index in [9.17, 15) is 0 Å². The van der Waals surface area contributed by atoms with Gasteiger partial charge in [0.2, 0.25) is 0 Å². The molecule has 2 unspecified atom stereocenters. The summed E-state index contributed by atoms with van der Waals surface area (Å²) in [5.74, 6) is 0. The van der Waals surface area contributed by atoms with E-state index >= 15 is 0 Å². The first-order valence-corrected chi connectivity index (χ1v) is 6.56. The Hall–Kier alpha value is -0.580. The van der Waals surface area contributed by atoms with E-state index in [2.05, 4.69) is 49.2 Å². The summed E-state index contributed by atoms with van der Waals surface area (Å²) >= 11 is 0. The standard InChI is InChI=1S/C13H24N4.ClH/c1-10(2)17-9-13(6-15-17)8-16-7-11(3)14-5-12(16)4;/h6,9-12,14H,5,7-8H2,1-4H3;1H. The molecule has 0 spiro atoms. The van der Waals surface area contributed by atoms with Crippen LogP contribution in [-0.4, -0.2) is 39.9 Å². The Bertz CT molecular complexity index is 364. The average Bonchev–Trinajstić information content (AvgIpc) is 2.72. The second-order valence-electron chi connectivity index (χ2n) is 5.51. The molecule has 1 aliphatic heterocycles. The van der Waals surface area contributed by atoms with Gasteiger partial charge in [-0.05, 0) is 27.7 Å². The Kier molecular flexibility index (Phi) is 5.63. The maximum absolute atomic E-state index is 4.40. The Balaban J connectivity index is 0.00000162. The summed E-state index contributed by atoms with van der Waals surface area (Å²) in [4.78, 5) is 2.53. The predicted molar refractivity (Wildman–Crippen MR) is 77.2 cm³/mol. The summed E-state index contributed by atoms with van der Waals surface area (Å²) in [5, 5.41) is 7.91. The summed E-state index contributed by atoms with van der Waals surface area (Å²) in [5.41, 5.74) is 1.32. The maximum atomic E-state index is 4.40. The lowest BCUT2D eigenvalue weighted by Gasteiger charge is -2.37. The lowest BCUT2D eigenvalue weighted by Crippen LogP contribution is -2.53. The molecule has 1 aromatic rings. The molecule has 2 heterocycles. The fourth-order valence-electron chi connectivity index (χ4n) is 2.29. The quantitative estimate of drug-likeness (QED) is 0.915. The van der Waals surface area contributed by atoms with Crippen molar-refractivity contribution >= 4 is 12.4 Å². The topological polar surface area (TPSA) is 33.1 Å². The highest BCUT2D eigenvalue weighted by Crippen LogP contribution is 2.13. The van der Waals surface area contributed by atoms with Crippen LogP contribution in [0.4, 0.5) is 0 Å². The van der Waals surface area contributed by atoms with Crippen LogP contribution in [0, 0.1) is 0 Å². The van der Waals surface area contributed by atoms with Crippen molar-refractivity contribution in [3.05, 3.63) is 18.0 Å². The minimum atomic E-state index is 0. The molecule has 0 radical (unpaired) electrons. The summed E-state index contributed by atoms with van der Waals surface area (Å²) in [6.45, 7) is 12.1. The van der Waals surface area contributed by atoms with Gasteiger partial charge in [-0.1, -0.05) is 0 Å². The molecule has 1 N–H and O–H groups in total. The predicted octanol–water partition coefficient (Wildman–Crippen LogP) is 2.07. The van der Waals surface area contributed by atoms with Crippen molar-refractivity contribution < 1.29 is 0 Å². The molecule has 0 aliphatic carbocycles. The third-order valence-electron chi connectivity index (χ3n) is 3.46. The highest BCUT2D eigenvalue weighted by atomic mass is 35.5. The lowest BCUT2D eigenvalue weighted by molar-refractivity contribution is 0.139. The van der Waals surface area contributed by atoms with Gasteiger partial charge in [-0.3, -0.25) is 9.58 Å². The van der Waals surface area contributed by atoms with E-state index in [0.717, 1.165) is 19.6 Å². The minimum Gasteiger partial charge on any atom is -0.311 e. The molecule has 0 amide bonds. The molecule has 1 aromatic heterocycles. The van der Waals surface area contributed by atoms with Crippen molar-refractivity contribution in [1.29, 1.82) is 0 Å². The van der Waals surface area contributed by atoms with Gasteiger partial charge in [0.25, 0.3) is 0 Å². The zero-order valence-electron chi connectivity index (χ0n) is 11.8. The Labute approximate surface area is 116 Å². The highest BCUT2D eigenvalue weighted by molar-refractivity contribution is 5.85. The molecule has 1 aliphatic rings. The normalized spacial score (nSPS) is 25.2. The van der Waals surface area contributed by atoms with E-state index in [4.69, 9.17) is 0 Å². The van der Waals surface area contributed by atoms with Crippen LogP contribution < -0.4 is 5.32 Å². The van der Waals surface area contributed by atoms with Crippen molar-refractivity contribution in [2.75, 3.05) is 13.1 Å². The number of nitrogens with zero attached hydrogens (tertiary/aromatic N) is 3. The molecule has 5 heteroatoms. The number of halogens is 1. The van der Waals surface area contributed by atoms with Crippen molar-refractivity contribution in [2.45, 2.75) is 52.4 Å². The van der Waals surface area contributed by atoms with Gasteiger partial charge in [0, 0.05) is 49.5 Å². The van der Waals surface area contributed by atoms with Crippen LogP contribution in [-0.2, 0) is 6.54 Å². The molecule has 4 nitrogen and oxygen atoms in total. The van der Waals surface area contributed by atoms with Crippen LogP contribution in [0.25, 0.3) is 0 Å². The van der Waals surface area contributed by atoms with Crippen molar-refractivity contribution in [3.63, 3.8) is 0 Å². The lowest BCUT2D eigenvalue weighted by atomic mass is 10.1. The first-order valence-electron chi connectivity index (χ1n) is 6.56. The molecular formula is C13H25ClN4. The highest BCUT2D eigenvalue weighted by Gasteiger charge is 2.22. The number of nitrogens with one attached hydrogen (secondary N) is 1. The minimum absolute atomic E-state index is 0. The third kappa shape index (κ3) is 3.70. The van der Waals surface area contributed by atoms with E-state index in [1.165, 1.54) is 5.56 Å². The van der Waals surface area contributed by atoms with Gasteiger partial charge in [0.15, 0.2) is 0 Å². The van der Waals surface area contributed by atoms with Gasteiger partial charge in [0.05, 0.1) is 6.20 Å². The zero-order valence-corrected chi connectivity index (χ0v) is 12.6. The number of piperazine rings is 1. The molecule has 18 heavy (non-hydrogen) atoms. The van der Waals surface area contributed by atoms with E-state index in [1.54, 1.807) is 0 Å². The smallest absolute Gasteiger partial charge is 0.0534 e. The summed E-state index contributed by atoms with van der Waals surface area (Å²) in [7, 11) is 0. The number of hydrogen-bond acceptors (Lipinski definition) is 3. The molecule has 104 valence electrons. The summed E-state index contributed by atoms with van der Waals surface area (Å²) in [6, 6.07) is 1.64. The fourth-order valence-corrected chi connectivity index (χ4v) is 2.29. The monoisotopic (exact) mass is 272 g/mol. The average molecular weight is 273 g/mol. The van der Waals surface area contributed by atoms with Crippen LogP contribution in [0.5, 0.6) is 0 Å². The van der Waals surface area contributed by atoms with Crippen molar-refractivity contribution in [2.24, 2.45) is 0 Å². The molecule has 1 saturated heterocycles. The van der Waals surface area contributed by atoms with E-state index < -0.39 is 0 Å². The van der Waals surface area contributed by atoms with Gasteiger partial charge < -0.3 is 5.32 Å². The Morgan fingerprint density at radius 1 is 1.44 bits per heavy atom. The van der Waals surface area contributed by atoms with E-state index in [-0.39, 0.29) is 12.4 Å². The second kappa shape index (κ2) is 6.55. The Morgan fingerprint density at radius 2 is 2.17 bits per heavy atom. The fraction of sp³-hybridized carbons (Fsp3) is 0.769. The molecule has 1 fully saturated rings. The van der Waals surface area contributed by atoms with Crippen molar-refractivity contribution in [1.82, 2.24) is 20.0 Å². The molecule has 2 atom stereocenters. The summed E-state index contributed by atoms with van der Waals surface area (Å²) in [6.07, 6.45) is 4.17. The van der Waals surface area contributed by atoms with Crippen LogP contribution in [0.3, 0.4) is 0 Å². The van der Waals surface area contributed by atoms with E-state index in [0.29, 0.717) is 18.1 Å². The largest absolute Gasteiger partial charge is 0.311 e. The van der Waals surface area contributed by atoms with E-state index in [1.807, 2.05) is 10.9 Å². The zero-order chi connectivity index (χ0) is 12.4. The number of aromatic nitrogens is 2. The Morgan fingerprint density at radius 3 is 2.78 bits per heavy atom. The molecule has 0 aromatic carbocycles. The number of rotatable bonds is 3.